The van der Waals surface area contributed by atoms with Crippen molar-refractivity contribution in [3.63, 3.8) is 0 Å². The van der Waals surface area contributed by atoms with Crippen molar-refractivity contribution < 1.29 is 22.1 Å². The van der Waals surface area contributed by atoms with Gasteiger partial charge in [0.2, 0.25) is 0 Å². The molecular formula is C19H21N7O4S. The summed E-state index contributed by atoms with van der Waals surface area (Å²) in [7, 11) is -2.12. The van der Waals surface area contributed by atoms with Crippen LogP contribution in [0.5, 0.6) is 0 Å². The summed E-state index contributed by atoms with van der Waals surface area (Å²) in [6, 6.07) is 7.62. The first-order valence-corrected chi connectivity index (χ1v) is 10.7. The molecule has 0 unspecified atom stereocenters. The molecule has 0 aliphatic rings. The number of carbonyl (C=O) groups is 1. The second-order valence-corrected chi connectivity index (χ2v) is 8.28. The number of aromatic nitrogens is 4. The van der Waals surface area contributed by atoms with Crippen molar-refractivity contribution in [1.82, 2.24) is 25.5 Å². The van der Waals surface area contributed by atoms with E-state index in [4.69, 9.17) is 8.85 Å². The van der Waals surface area contributed by atoms with E-state index in [-0.39, 0.29) is 27.9 Å². The Morgan fingerprint density at radius 3 is 2.71 bits per heavy atom. The van der Waals surface area contributed by atoms with E-state index in [1.807, 2.05) is 5.32 Å². The highest BCUT2D eigenvalue weighted by Crippen LogP contribution is 2.26. The molecule has 162 valence electrons. The van der Waals surface area contributed by atoms with Crippen LogP contribution in [0.1, 0.15) is 20.2 Å². The normalized spacial score (nSPS) is 12.9. The van der Waals surface area contributed by atoms with E-state index >= 15 is 0 Å². The Hall–Kier alpha value is -3.64. The highest BCUT2D eigenvalue weighted by atomic mass is 32.2. The van der Waals surface area contributed by atoms with Crippen LogP contribution in [0, 0.1) is 0 Å². The Labute approximate surface area is 183 Å². The molecule has 3 N–H and O–H groups in total. The molecule has 11 nitrogen and oxygen atoms in total. The third-order valence-corrected chi connectivity index (χ3v) is 5.07. The average molecular weight is 447 g/mol. The zero-order valence-corrected chi connectivity index (χ0v) is 17.4. The SMILES string of the molecule is [2H]C([2H])([2H])NC(=O)c1nnc(Nc2cc(COC)ccn2)cc1Nc1ncccc1S(C)(=O)=O. The molecule has 12 heteroatoms. The minimum Gasteiger partial charge on any atom is -0.380 e. The quantitative estimate of drug-likeness (QED) is 0.466. The molecule has 0 atom stereocenters. The maximum absolute atomic E-state index is 12.5. The van der Waals surface area contributed by atoms with E-state index in [0.717, 1.165) is 11.8 Å². The van der Waals surface area contributed by atoms with Crippen molar-refractivity contribution in [2.24, 2.45) is 0 Å². The Bertz CT molecular complexity index is 1300. The lowest BCUT2D eigenvalue weighted by molar-refractivity contribution is 0.0958. The molecule has 0 spiro atoms. The number of hydrogen-bond acceptors (Lipinski definition) is 10. The number of ether oxygens (including phenoxy) is 1. The van der Waals surface area contributed by atoms with Gasteiger partial charge in [-0.05, 0) is 29.8 Å². The highest BCUT2D eigenvalue weighted by Gasteiger charge is 2.19. The number of sulfone groups is 1. The molecule has 0 saturated heterocycles. The predicted molar refractivity (Wildman–Crippen MR) is 114 cm³/mol. The lowest BCUT2D eigenvalue weighted by atomic mass is 10.2. The number of nitrogens with zero attached hydrogens (tertiary/aromatic N) is 4. The van der Waals surface area contributed by atoms with Crippen LogP contribution < -0.4 is 16.0 Å². The van der Waals surface area contributed by atoms with Gasteiger partial charge in [-0.25, -0.2) is 18.4 Å². The zero-order chi connectivity index (χ0) is 24.9. The number of carbonyl (C=O) groups excluding carboxylic acids is 1. The number of anilines is 4. The lowest BCUT2D eigenvalue weighted by Gasteiger charge is -2.13. The minimum atomic E-state index is -3.67. The third-order valence-electron chi connectivity index (χ3n) is 3.94. The zero-order valence-electron chi connectivity index (χ0n) is 19.6. The fourth-order valence-electron chi connectivity index (χ4n) is 2.62. The monoisotopic (exact) mass is 446 g/mol. The topological polar surface area (TPSA) is 148 Å². The first kappa shape index (κ1) is 18.2. The van der Waals surface area contributed by atoms with Crippen molar-refractivity contribution >= 4 is 38.9 Å². The molecule has 0 aliphatic heterocycles. The van der Waals surface area contributed by atoms with Gasteiger partial charge in [0.1, 0.15) is 16.5 Å². The van der Waals surface area contributed by atoms with Crippen LogP contribution in [-0.4, -0.2) is 54.8 Å². The summed E-state index contributed by atoms with van der Waals surface area (Å²) in [5, 5.41) is 15.3. The Morgan fingerprint density at radius 1 is 1.13 bits per heavy atom. The summed E-state index contributed by atoms with van der Waals surface area (Å²) in [5.41, 5.74) is 0.426. The van der Waals surface area contributed by atoms with E-state index < -0.39 is 22.7 Å². The van der Waals surface area contributed by atoms with Gasteiger partial charge in [-0.2, -0.15) is 0 Å². The van der Waals surface area contributed by atoms with Crippen molar-refractivity contribution in [2.45, 2.75) is 11.5 Å². The summed E-state index contributed by atoms with van der Waals surface area (Å²) in [6.45, 7) is -2.42. The second-order valence-electron chi connectivity index (χ2n) is 6.30. The van der Waals surface area contributed by atoms with Gasteiger partial charge in [-0.3, -0.25) is 4.79 Å². The fraction of sp³-hybridized carbons (Fsp3) is 0.211. The van der Waals surface area contributed by atoms with Gasteiger partial charge in [0, 0.05) is 42.9 Å². The molecule has 3 aromatic rings. The molecule has 3 heterocycles. The van der Waals surface area contributed by atoms with Gasteiger partial charge in [0.15, 0.2) is 21.3 Å². The lowest BCUT2D eigenvalue weighted by Crippen LogP contribution is -2.22. The van der Waals surface area contributed by atoms with Crippen molar-refractivity contribution in [1.29, 1.82) is 0 Å². The van der Waals surface area contributed by atoms with Crippen LogP contribution in [0.4, 0.5) is 23.1 Å². The standard InChI is InChI=1S/C19H21N7O4S/c1-20-19(27)17-13(23-18-14(31(3,28)29)5-4-7-22-18)10-16(25-26-17)24-15-9-12(11-30-2)6-8-21-15/h4-10H,11H2,1-3H3,(H,20,27)(H2,21,22,23,24,25)/i1D3. The number of nitrogens with one attached hydrogen (secondary N) is 3. The number of hydrogen-bond donors (Lipinski definition) is 3. The third kappa shape index (κ3) is 5.49. The van der Waals surface area contributed by atoms with Gasteiger partial charge >= 0.3 is 0 Å². The van der Waals surface area contributed by atoms with Crippen molar-refractivity contribution in [3.05, 3.63) is 54.0 Å². The van der Waals surface area contributed by atoms with Crippen LogP contribution in [0.25, 0.3) is 0 Å². The summed E-state index contributed by atoms with van der Waals surface area (Å²) in [5.74, 6) is -0.568. The van der Waals surface area contributed by atoms with Gasteiger partial charge in [-0.1, -0.05) is 0 Å². The van der Waals surface area contributed by atoms with Gasteiger partial charge in [0.25, 0.3) is 5.91 Å². The smallest absolute Gasteiger partial charge is 0.273 e. The number of pyridine rings is 2. The second kappa shape index (κ2) is 9.45. The average Bonchev–Trinajstić information content (AvgIpc) is 2.73. The molecular weight excluding hydrogens is 422 g/mol. The Morgan fingerprint density at radius 2 is 1.97 bits per heavy atom. The summed E-state index contributed by atoms with van der Waals surface area (Å²) in [6.07, 6.45) is 3.93. The van der Waals surface area contributed by atoms with E-state index in [1.165, 1.54) is 24.4 Å². The van der Waals surface area contributed by atoms with E-state index in [1.54, 1.807) is 25.4 Å². The largest absolute Gasteiger partial charge is 0.380 e. The molecule has 0 saturated carbocycles. The van der Waals surface area contributed by atoms with Crippen LogP contribution in [-0.2, 0) is 21.2 Å². The first-order chi connectivity index (χ1) is 16.0. The summed E-state index contributed by atoms with van der Waals surface area (Å²) in [4.78, 5) is 20.6. The Kier molecular flexibility index (Phi) is 5.53. The first-order valence-electron chi connectivity index (χ1n) is 10.3. The van der Waals surface area contributed by atoms with Gasteiger partial charge in [0.05, 0.1) is 12.3 Å². The molecule has 3 aromatic heterocycles. The molecule has 0 radical (unpaired) electrons. The van der Waals surface area contributed by atoms with Crippen LogP contribution >= 0.6 is 0 Å². The van der Waals surface area contributed by atoms with E-state index in [0.29, 0.717) is 12.4 Å². The van der Waals surface area contributed by atoms with Crippen LogP contribution in [0.15, 0.2) is 47.6 Å². The molecule has 3 rings (SSSR count). The number of rotatable bonds is 8. The number of methoxy groups -OCH3 is 1. The van der Waals surface area contributed by atoms with Gasteiger partial charge in [-0.15, -0.1) is 10.2 Å². The van der Waals surface area contributed by atoms with Gasteiger partial charge < -0.3 is 20.7 Å². The maximum atomic E-state index is 12.5. The molecule has 1 amide bonds. The highest BCUT2D eigenvalue weighted by molar-refractivity contribution is 7.90. The molecule has 0 aliphatic carbocycles. The summed E-state index contributed by atoms with van der Waals surface area (Å²) < 4.78 is 51.2. The number of amides is 1. The van der Waals surface area contributed by atoms with Crippen molar-refractivity contribution in [2.75, 3.05) is 31.0 Å². The fourth-order valence-corrected chi connectivity index (χ4v) is 3.40. The molecule has 0 fully saturated rings. The molecule has 31 heavy (non-hydrogen) atoms. The molecule has 0 bridgehead atoms. The van der Waals surface area contributed by atoms with Crippen LogP contribution in [0.2, 0.25) is 0 Å². The van der Waals surface area contributed by atoms with Crippen LogP contribution in [0.3, 0.4) is 0 Å². The minimum absolute atomic E-state index is 0.0316. The van der Waals surface area contributed by atoms with E-state index in [2.05, 4.69) is 30.8 Å². The van der Waals surface area contributed by atoms with Crippen molar-refractivity contribution in [3.8, 4) is 0 Å². The maximum Gasteiger partial charge on any atom is 0.273 e. The predicted octanol–water partition coefficient (Wildman–Crippen LogP) is 1.66. The molecule has 0 aromatic carbocycles. The van der Waals surface area contributed by atoms with E-state index in [9.17, 15) is 13.2 Å². The Balaban J connectivity index is 2.02. The summed E-state index contributed by atoms with van der Waals surface area (Å²) >= 11 is 0.